The van der Waals surface area contributed by atoms with Crippen molar-refractivity contribution in [1.29, 1.82) is 0 Å². The van der Waals surface area contributed by atoms with E-state index in [-0.39, 0.29) is 11.5 Å². The molecule has 2 heterocycles. The molecule has 2 N–H and O–H groups in total. The largest absolute Gasteiger partial charge is 0.573 e. The van der Waals surface area contributed by atoms with Crippen LogP contribution in [0.2, 0.25) is 0 Å². The van der Waals surface area contributed by atoms with E-state index in [9.17, 15) is 18.0 Å². The normalized spacial score (nSPS) is 11.2. The zero-order chi connectivity index (χ0) is 14.8. The fraction of sp³-hybridized carbons (Fsp3) is 0.100. The molecule has 2 aromatic rings. The van der Waals surface area contributed by atoms with Gasteiger partial charge in [-0.05, 0) is 28.1 Å². The van der Waals surface area contributed by atoms with Gasteiger partial charge in [0.25, 0.3) is 5.91 Å². The highest BCUT2D eigenvalue weighted by molar-refractivity contribution is 9.10. The molecule has 0 unspecified atom stereocenters. The van der Waals surface area contributed by atoms with Crippen LogP contribution in [0.25, 0.3) is 0 Å². The Kier molecular flexibility index (Phi) is 3.93. The molecule has 6 nitrogen and oxygen atoms in total. The van der Waals surface area contributed by atoms with Crippen molar-refractivity contribution < 1.29 is 22.7 Å². The Hall–Kier alpha value is -2.10. The van der Waals surface area contributed by atoms with Crippen LogP contribution in [-0.2, 0) is 0 Å². The third-order valence-electron chi connectivity index (χ3n) is 1.99. The molecule has 0 spiro atoms. The van der Waals surface area contributed by atoms with Crippen LogP contribution in [0.5, 0.6) is 5.75 Å². The van der Waals surface area contributed by atoms with Crippen LogP contribution in [0.15, 0.2) is 29.0 Å². The summed E-state index contributed by atoms with van der Waals surface area (Å²) in [6.45, 7) is 0. The van der Waals surface area contributed by atoms with E-state index in [0.29, 0.717) is 4.60 Å². The molecule has 0 saturated heterocycles. The lowest BCUT2D eigenvalue weighted by Crippen LogP contribution is -2.18. The van der Waals surface area contributed by atoms with E-state index >= 15 is 0 Å². The summed E-state index contributed by atoms with van der Waals surface area (Å²) in [5, 5.41) is 8.70. The lowest BCUT2D eigenvalue weighted by Gasteiger charge is -2.08. The number of halogens is 4. The van der Waals surface area contributed by atoms with E-state index in [1.165, 1.54) is 6.07 Å². The second-order valence-electron chi connectivity index (χ2n) is 3.48. The van der Waals surface area contributed by atoms with Gasteiger partial charge in [-0.2, -0.15) is 5.10 Å². The van der Waals surface area contributed by atoms with Crippen molar-refractivity contribution in [1.82, 2.24) is 15.2 Å². The van der Waals surface area contributed by atoms with Gasteiger partial charge in [0.05, 0.1) is 6.20 Å². The van der Waals surface area contributed by atoms with Gasteiger partial charge in [-0.3, -0.25) is 9.89 Å². The number of nitrogens with one attached hydrogen (secondary N) is 2. The molecule has 2 aromatic heterocycles. The number of hydrogen-bond acceptors (Lipinski definition) is 4. The summed E-state index contributed by atoms with van der Waals surface area (Å²) in [4.78, 5) is 15.3. The molecule has 0 fully saturated rings. The second kappa shape index (κ2) is 5.49. The minimum atomic E-state index is -4.80. The van der Waals surface area contributed by atoms with Crippen LogP contribution in [0.4, 0.5) is 19.0 Å². The molecule has 0 aliphatic heterocycles. The molecule has 0 aromatic carbocycles. The number of H-pyrrole nitrogens is 1. The van der Waals surface area contributed by atoms with Crippen LogP contribution in [0.3, 0.4) is 0 Å². The Bertz CT molecular complexity index is 612. The first-order valence-electron chi connectivity index (χ1n) is 5.07. The maximum absolute atomic E-state index is 11.9. The average molecular weight is 351 g/mol. The van der Waals surface area contributed by atoms with E-state index < -0.39 is 18.0 Å². The van der Waals surface area contributed by atoms with Gasteiger partial charge in [-0.25, -0.2) is 4.98 Å². The first-order valence-corrected chi connectivity index (χ1v) is 5.87. The van der Waals surface area contributed by atoms with Gasteiger partial charge in [0.2, 0.25) is 0 Å². The number of carbonyl (C=O) groups excluding carboxylic acids is 1. The maximum atomic E-state index is 11.9. The van der Waals surface area contributed by atoms with E-state index in [1.54, 1.807) is 0 Å². The molecular formula is C10H6BrF3N4O2. The Morgan fingerprint density at radius 3 is 2.65 bits per heavy atom. The van der Waals surface area contributed by atoms with Gasteiger partial charge in [-0.15, -0.1) is 13.2 Å². The SMILES string of the molecule is O=C(Nc1cc(Br)[nH]n1)c1ccc(OC(F)(F)F)cn1. The van der Waals surface area contributed by atoms with Gasteiger partial charge in [-0.1, -0.05) is 0 Å². The molecule has 0 saturated carbocycles. The monoisotopic (exact) mass is 350 g/mol. The molecule has 2 rings (SSSR count). The lowest BCUT2D eigenvalue weighted by atomic mass is 10.3. The first-order chi connectivity index (χ1) is 9.33. The van der Waals surface area contributed by atoms with Crippen LogP contribution < -0.4 is 10.1 Å². The van der Waals surface area contributed by atoms with Crippen LogP contribution in [0.1, 0.15) is 10.5 Å². The highest BCUT2D eigenvalue weighted by Crippen LogP contribution is 2.21. The molecule has 1 amide bonds. The highest BCUT2D eigenvalue weighted by Gasteiger charge is 2.31. The average Bonchev–Trinajstić information content (AvgIpc) is 2.73. The molecule has 0 atom stereocenters. The molecular weight excluding hydrogens is 345 g/mol. The molecule has 0 bridgehead atoms. The molecule has 106 valence electrons. The number of carbonyl (C=O) groups is 1. The van der Waals surface area contributed by atoms with Crippen molar-refractivity contribution in [2.24, 2.45) is 0 Å². The van der Waals surface area contributed by atoms with Crippen molar-refractivity contribution in [2.75, 3.05) is 5.32 Å². The topological polar surface area (TPSA) is 79.9 Å². The van der Waals surface area contributed by atoms with Crippen molar-refractivity contribution in [3.05, 3.63) is 34.7 Å². The van der Waals surface area contributed by atoms with Crippen molar-refractivity contribution >= 4 is 27.7 Å². The summed E-state index contributed by atoms with van der Waals surface area (Å²) in [6, 6.07) is 3.62. The Morgan fingerprint density at radius 2 is 2.15 bits per heavy atom. The first kappa shape index (κ1) is 14.3. The number of pyridine rings is 1. The van der Waals surface area contributed by atoms with Crippen LogP contribution in [-0.4, -0.2) is 27.5 Å². The summed E-state index contributed by atoms with van der Waals surface area (Å²) >= 11 is 3.11. The third kappa shape index (κ3) is 3.95. The van der Waals surface area contributed by atoms with Crippen molar-refractivity contribution in [3.63, 3.8) is 0 Å². The van der Waals surface area contributed by atoms with Gasteiger partial charge in [0.15, 0.2) is 5.82 Å². The third-order valence-corrected chi connectivity index (χ3v) is 2.40. The minimum absolute atomic E-state index is 0.0707. The number of aromatic nitrogens is 3. The predicted octanol–water partition coefficient (Wildman–Crippen LogP) is 2.72. The Morgan fingerprint density at radius 1 is 1.40 bits per heavy atom. The Labute approximate surface area is 118 Å². The van der Waals surface area contributed by atoms with Crippen molar-refractivity contribution in [3.8, 4) is 5.75 Å². The highest BCUT2D eigenvalue weighted by atomic mass is 79.9. The summed E-state index contributed by atoms with van der Waals surface area (Å²) in [5.74, 6) is -0.863. The standard InChI is InChI=1S/C10H6BrF3N4O2/c11-7-3-8(18-17-7)16-9(19)6-2-1-5(4-15-6)20-10(12,13)14/h1-4H,(H2,16,17,18,19). The summed E-state index contributed by atoms with van der Waals surface area (Å²) < 4.78 is 40.0. The van der Waals surface area contributed by atoms with Gasteiger partial charge >= 0.3 is 6.36 Å². The van der Waals surface area contributed by atoms with Crippen LogP contribution in [0, 0.1) is 0 Å². The number of aromatic amines is 1. The summed E-state index contributed by atoms with van der Waals surface area (Å²) in [6.07, 6.45) is -3.99. The van der Waals surface area contributed by atoms with E-state index in [4.69, 9.17) is 0 Å². The number of nitrogens with zero attached hydrogens (tertiary/aromatic N) is 2. The van der Waals surface area contributed by atoms with E-state index in [2.05, 4.69) is 41.2 Å². The number of anilines is 1. The fourth-order valence-corrected chi connectivity index (χ4v) is 1.56. The van der Waals surface area contributed by atoms with E-state index in [1.807, 2.05) is 0 Å². The molecule has 20 heavy (non-hydrogen) atoms. The number of rotatable bonds is 3. The number of hydrogen-bond donors (Lipinski definition) is 2. The quantitative estimate of drug-likeness (QED) is 0.891. The summed E-state index contributed by atoms with van der Waals surface area (Å²) in [7, 11) is 0. The van der Waals surface area contributed by atoms with Gasteiger partial charge in [0.1, 0.15) is 16.0 Å². The number of amides is 1. The predicted molar refractivity (Wildman–Crippen MR) is 65.2 cm³/mol. The van der Waals surface area contributed by atoms with Gasteiger partial charge < -0.3 is 10.1 Å². The molecule has 10 heteroatoms. The number of alkyl halides is 3. The maximum Gasteiger partial charge on any atom is 0.573 e. The fourth-order valence-electron chi connectivity index (χ4n) is 1.25. The molecule has 0 aliphatic carbocycles. The van der Waals surface area contributed by atoms with E-state index in [0.717, 1.165) is 18.3 Å². The number of ether oxygens (including phenoxy) is 1. The zero-order valence-corrected chi connectivity index (χ0v) is 11.1. The lowest BCUT2D eigenvalue weighted by molar-refractivity contribution is -0.274. The smallest absolute Gasteiger partial charge is 0.404 e. The summed E-state index contributed by atoms with van der Waals surface area (Å²) in [5.41, 5.74) is -0.0707. The molecule has 0 radical (unpaired) electrons. The van der Waals surface area contributed by atoms with Crippen molar-refractivity contribution in [2.45, 2.75) is 6.36 Å². The van der Waals surface area contributed by atoms with Crippen LogP contribution >= 0.6 is 15.9 Å². The Balaban J connectivity index is 2.04. The second-order valence-corrected chi connectivity index (χ2v) is 4.34. The molecule has 0 aliphatic rings. The zero-order valence-electron chi connectivity index (χ0n) is 9.53. The van der Waals surface area contributed by atoms with Gasteiger partial charge in [0, 0.05) is 6.07 Å². The minimum Gasteiger partial charge on any atom is -0.404 e.